The van der Waals surface area contributed by atoms with Crippen molar-refractivity contribution in [3.8, 4) is 0 Å². The van der Waals surface area contributed by atoms with Crippen molar-refractivity contribution in [1.29, 1.82) is 0 Å². The van der Waals surface area contributed by atoms with Crippen LogP contribution in [0.2, 0.25) is 10.0 Å². The van der Waals surface area contributed by atoms with Gasteiger partial charge in [0.05, 0.1) is 10.0 Å². The maximum atomic E-state index is 6.71. The topological polar surface area (TPSA) is 0 Å². The molecule has 154 valence electrons. The average molecular weight is 532 g/mol. The van der Waals surface area contributed by atoms with Gasteiger partial charge in [-0.3, -0.25) is 0 Å². The van der Waals surface area contributed by atoms with E-state index >= 15 is 0 Å². The zero-order chi connectivity index (χ0) is 20.5. The van der Waals surface area contributed by atoms with Crippen molar-refractivity contribution in [3.63, 3.8) is 0 Å². The van der Waals surface area contributed by atoms with Crippen LogP contribution >= 0.6 is 23.2 Å². The Morgan fingerprint density at radius 2 is 0.774 bits per heavy atom. The quantitative estimate of drug-likeness (QED) is 0.232. The number of allylic oxidation sites excluding steroid dienone is 4. The Hall–Kier alpha value is -2.40. The molecule has 0 saturated heterocycles. The predicted molar refractivity (Wildman–Crippen MR) is 129 cm³/mol. The van der Waals surface area contributed by atoms with Gasteiger partial charge >= 0.3 is 0 Å². The first-order chi connectivity index (χ1) is 14.8. The molecular weight excluding hydrogens is 514 g/mol. The Balaban J connectivity index is 0.00000231. The van der Waals surface area contributed by atoms with E-state index in [1.165, 1.54) is 33.4 Å². The van der Waals surface area contributed by atoms with Crippen molar-refractivity contribution < 1.29 is 20.4 Å². The fourth-order valence-electron chi connectivity index (χ4n) is 4.08. The first-order valence-electron chi connectivity index (χ1n) is 9.85. The van der Waals surface area contributed by atoms with Crippen LogP contribution in [0.5, 0.6) is 0 Å². The third kappa shape index (κ3) is 3.96. The van der Waals surface area contributed by atoms with Gasteiger partial charge in [0.1, 0.15) is 0 Å². The summed E-state index contributed by atoms with van der Waals surface area (Å²) < 4.78 is 0. The molecule has 3 heteroatoms. The SMILES string of the molecule is Clc1cccc(C2=C(c3ccccc3)C(c3ccccc3)=C2c2ccccc2)c1Cl.[Pd]. The van der Waals surface area contributed by atoms with E-state index < -0.39 is 0 Å². The predicted octanol–water partition coefficient (Wildman–Crippen LogP) is 8.53. The van der Waals surface area contributed by atoms with Gasteiger partial charge < -0.3 is 0 Å². The summed E-state index contributed by atoms with van der Waals surface area (Å²) in [6.07, 6.45) is 0. The first kappa shape index (κ1) is 21.8. The van der Waals surface area contributed by atoms with E-state index in [0.29, 0.717) is 10.0 Å². The molecule has 0 atom stereocenters. The molecule has 4 aromatic carbocycles. The molecule has 0 amide bonds. The minimum absolute atomic E-state index is 0. The Labute approximate surface area is 206 Å². The Morgan fingerprint density at radius 1 is 0.387 bits per heavy atom. The molecule has 0 unspecified atom stereocenters. The second kappa shape index (κ2) is 9.39. The van der Waals surface area contributed by atoms with E-state index in [9.17, 15) is 0 Å². The fourth-order valence-corrected chi connectivity index (χ4v) is 4.48. The maximum absolute atomic E-state index is 6.71. The summed E-state index contributed by atoms with van der Waals surface area (Å²) in [6.45, 7) is 0. The third-order valence-corrected chi connectivity index (χ3v) is 6.23. The summed E-state index contributed by atoms with van der Waals surface area (Å²) in [5.74, 6) is 0. The van der Waals surface area contributed by atoms with Crippen LogP contribution in [0.15, 0.2) is 109 Å². The van der Waals surface area contributed by atoms with Crippen LogP contribution in [0.1, 0.15) is 22.3 Å². The molecule has 0 radical (unpaired) electrons. The third-order valence-electron chi connectivity index (χ3n) is 5.41. The van der Waals surface area contributed by atoms with Gasteiger partial charge in [0.25, 0.3) is 0 Å². The molecule has 4 aromatic rings. The summed E-state index contributed by atoms with van der Waals surface area (Å²) in [5.41, 5.74) is 9.26. The largest absolute Gasteiger partial charge is 0.0827 e. The Morgan fingerprint density at radius 3 is 1.23 bits per heavy atom. The van der Waals surface area contributed by atoms with Gasteiger partial charge in [-0.2, -0.15) is 0 Å². The molecule has 0 N–H and O–H groups in total. The van der Waals surface area contributed by atoms with Gasteiger partial charge in [0.15, 0.2) is 0 Å². The molecule has 0 aromatic heterocycles. The number of benzene rings is 4. The summed E-state index contributed by atoms with van der Waals surface area (Å²) in [5, 5.41) is 1.15. The molecular formula is C28H18Cl2Pd. The fraction of sp³-hybridized carbons (Fsp3) is 0. The molecule has 0 fully saturated rings. The van der Waals surface area contributed by atoms with Crippen LogP contribution in [-0.2, 0) is 20.4 Å². The van der Waals surface area contributed by atoms with Crippen molar-refractivity contribution in [2.45, 2.75) is 0 Å². The molecule has 0 bridgehead atoms. The molecule has 5 rings (SSSR count). The minimum atomic E-state index is 0. The van der Waals surface area contributed by atoms with Crippen molar-refractivity contribution in [3.05, 3.63) is 141 Å². The summed E-state index contributed by atoms with van der Waals surface area (Å²) >= 11 is 13.1. The van der Waals surface area contributed by atoms with E-state index in [1.54, 1.807) is 0 Å². The van der Waals surface area contributed by atoms with Crippen LogP contribution in [0.25, 0.3) is 22.3 Å². The van der Waals surface area contributed by atoms with Crippen molar-refractivity contribution >= 4 is 45.5 Å². The van der Waals surface area contributed by atoms with E-state index in [-0.39, 0.29) is 20.4 Å². The molecule has 0 nitrogen and oxygen atoms in total. The van der Waals surface area contributed by atoms with Crippen molar-refractivity contribution in [2.75, 3.05) is 0 Å². The minimum Gasteiger partial charge on any atom is -0.0827 e. The van der Waals surface area contributed by atoms with Gasteiger partial charge in [-0.15, -0.1) is 0 Å². The first-order valence-corrected chi connectivity index (χ1v) is 10.6. The molecule has 1 aliphatic rings. The Kier molecular flexibility index (Phi) is 6.61. The van der Waals surface area contributed by atoms with Gasteiger partial charge in [-0.05, 0) is 39.5 Å². The standard InChI is InChI=1S/C28H18Cl2.Pd/c29-23-18-10-17-22(28(23)30)27-25(20-13-6-2-7-14-20)24(19-11-4-1-5-12-19)26(27)21-15-8-3-9-16-21;/h1-18H;. The number of halogens is 2. The molecule has 0 spiro atoms. The van der Waals surface area contributed by atoms with E-state index in [4.69, 9.17) is 23.2 Å². The normalized spacial score (nSPS) is 13.0. The summed E-state index contributed by atoms with van der Waals surface area (Å²) in [4.78, 5) is 0. The van der Waals surface area contributed by atoms with Gasteiger partial charge in [0, 0.05) is 31.6 Å². The van der Waals surface area contributed by atoms with Crippen LogP contribution < -0.4 is 0 Å². The molecule has 0 heterocycles. The molecule has 0 aliphatic heterocycles. The van der Waals surface area contributed by atoms with Gasteiger partial charge in [-0.1, -0.05) is 126 Å². The zero-order valence-electron chi connectivity index (χ0n) is 16.5. The molecule has 0 saturated carbocycles. The maximum Gasteiger partial charge on any atom is 0.0671 e. The van der Waals surface area contributed by atoms with E-state index in [1.807, 2.05) is 30.3 Å². The summed E-state index contributed by atoms with van der Waals surface area (Å²) in [6, 6.07) is 37.4. The van der Waals surface area contributed by atoms with Gasteiger partial charge in [-0.25, -0.2) is 0 Å². The van der Waals surface area contributed by atoms with Crippen LogP contribution in [-0.4, -0.2) is 0 Å². The number of hydrogen-bond donors (Lipinski definition) is 0. The second-order valence-electron chi connectivity index (χ2n) is 7.20. The monoisotopic (exact) mass is 530 g/mol. The van der Waals surface area contributed by atoms with Crippen molar-refractivity contribution in [1.82, 2.24) is 0 Å². The van der Waals surface area contributed by atoms with Crippen LogP contribution in [0.3, 0.4) is 0 Å². The van der Waals surface area contributed by atoms with E-state index in [2.05, 4.69) is 78.9 Å². The van der Waals surface area contributed by atoms with Crippen LogP contribution in [0, 0.1) is 0 Å². The smallest absolute Gasteiger partial charge is 0.0671 e. The number of hydrogen-bond acceptors (Lipinski definition) is 0. The average Bonchev–Trinajstić information content (AvgIpc) is 2.78. The van der Waals surface area contributed by atoms with Gasteiger partial charge in [0.2, 0.25) is 0 Å². The number of rotatable bonds is 4. The zero-order valence-corrected chi connectivity index (χ0v) is 19.5. The van der Waals surface area contributed by atoms with Crippen molar-refractivity contribution in [2.24, 2.45) is 0 Å². The second-order valence-corrected chi connectivity index (χ2v) is 7.98. The Bertz CT molecular complexity index is 1270. The molecule has 31 heavy (non-hydrogen) atoms. The summed E-state index contributed by atoms with van der Waals surface area (Å²) in [7, 11) is 0. The molecule has 1 aliphatic carbocycles. The van der Waals surface area contributed by atoms with E-state index in [0.717, 1.165) is 11.1 Å². The van der Waals surface area contributed by atoms with Crippen LogP contribution in [0.4, 0.5) is 0 Å².